The highest BCUT2D eigenvalue weighted by Gasteiger charge is 2.27. The molecule has 0 saturated heterocycles. The van der Waals surface area contributed by atoms with E-state index in [9.17, 15) is 0 Å². The van der Waals surface area contributed by atoms with E-state index in [2.05, 4.69) is 23.8 Å². The average Bonchev–Trinajstić information content (AvgIpc) is 2.27. The fourth-order valence-electron chi connectivity index (χ4n) is 1.69. The zero-order valence-corrected chi connectivity index (χ0v) is 11.5. The van der Waals surface area contributed by atoms with Crippen LogP contribution in [0.15, 0.2) is 0 Å². The van der Waals surface area contributed by atoms with Crippen molar-refractivity contribution in [1.29, 1.82) is 0 Å². The summed E-state index contributed by atoms with van der Waals surface area (Å²) in [6, 6.07) is 0. The molecule has 0 aliphatic carbocycles. The van der Waals surface area contributed by atoms with Crippen LogP contribution < -0.4 is 0 Å². The first kappa shape index (κ1) is 13.3. The minimum Gasteiger partial charge on any atom is -0.371 e. The number of aryl methyl sites for hydroxylation is 1. The van der Waals surface area contributed by atoms with E-state index < -0.39 is 0 Å². The Balaban J connectivity index is 3.33. The normalized spacial score (nSPS) is 14.8. The van der Waals surface area contributed by atoms with Gasteiger partial charge in [0.15, 0.2) is 0 Å². The lowest BCUT2D eigenvalue weighted by Gasteiger charge is -2.26. The van der Waals surface area contributed by atoms with Crippen molar-refractivity contribution in [2.75, 3.05) is 7.11 Å². The van der Waals surface area contributed by atoms with Crippen LogP contribution in [0, 0.1) is 11.6 Å². The van der Waals surface area contributed by atoms with Crippen LogP contribution in [-0.4, -0.2) is 17.1 Å². The minimum atomic E-state index is -0.384. The fourth-order valence-corrected chi connectivity index (χ4v) is 2.07. The number of methoxy groups -OCH3 is 1. The van der Waals surface area contributed by atoms with Crippen molar-refractivity contribution in [3.05, 3.63) is 21.7 Å². The van der Waals surface area contributed by atoms with Gasteiger partial charge in [0.05, 0.1) is 0 Å². The third-order valence-electron chi connectivity index (χ3n) is 3.21. The van der Waals surface area contributed by atoms with Gasteiger partial charge >= 0.3 is 0 Å². The van der Waals surface area contributed by atoms with Gasteiger partial charge in [-0.25, -0.2) is 4.98 Å². The molecule has 3 nitrogen and oxygen atoms in total. The van der Waals surface area contributed by atoms with Crippen LogP contribution in [0.1, 0.15) is 44.3 Å². The zero-order valence-electron chi connectivity index (χ0n) is 10.7. The van der Waals surface area contributed by atoms with Gasteiger partial charge in [-0.3, -0.25) is 0 Å². The molecule has 1 heterocycles. The predicted molar refractivity (Wildman–Crippen MR) is 68.2 cm³/mol. The molecule has 0 amide bonds. The van der Waals surface area contributed by atoms with Crippen molar-refractivity contribution in [3.63, 3.8) is 0 Å². The molecule has 0 saturated carbocycles. The largest absolute Gasteiger partial charge is 0.371 e. The predicted octanol–water partition coefficient (Wildman–Crippen LogP) is 3.28. The van der Waals surface area contributed by atoms with Crippen molar-refractivity contribution in [3.8, 4) is 0 Å². The number of H-pyrrole nitrogens is 1. The van der Waals surface area contributed by atoms with Gasteiger partial charge in [-0.2, -0.15) is 0 Å². The molecule has 0 fully saturated rings. The second kappa shape index (κ2) is 5.06. The summed E-state index contributed by atoms with van der Waals surface area (Å²) in [6.45, 7) is 8.21. The van der Waals surface area contributed by atoms with E-state index in [0.717, 1.165) is 29.9 Å². The van der Waals surface area contributed by atoms with Gasteiger partial charge in [0.25, 0.3) is 0 Å². The number of nitrogens with zero attached hydrogens (tertiary/aromatic N) is 1. The molecule has 0 aliphatic rings. The smallest absolute Gasteiger partial charge is 0.139 e. The van der Waals surface area contributed by atoms with Gasteiger partial charge in [0, 0.05) is 18.4 Å². The molecule has 1 unspecified atom stereocenters. The molecule has 1 atom stereocenters. The van der Waals surface area contributed by atoms with Crippen molar-refractivity contribution in [1.82, 2.24) is 9.97 Å². The first-order chi connectivity index (χ1) is 7.48. The minimum absolute atomic E-state index is 0.384. The Bertz CT molecular complexity index is 422. The van der Waals surface area contributed by atoms with Gasteiger partial charge in [0.1, 0.15) is 16.1 Å². The molecule has 0 aromatic carbocycles. The number of aromatic nitrogens is 2. The van der Waals surface area contributed by atoms with Crippen molar-refractivity contribution >= 4 is 12.2 Å². The molecule has 0 aliphatic heterocycles. The number of hydrogen-bond donors (Lipinski definition) is 1. The van der Waals surface area contributed by atoms with Gasteiger partial charge in [-0.1, -0.05) is 26.1 Å². The lowest BCUT2D eigenvalue weighted by atomic mass is 10.0. The van der Waals surface area contributed by atoms with Crippen LogP contribution >= 0.6 is 12.2 Å². The monoisotopic (exact) mass is 240 g/mol. The molecular weight excluding hydrogens is 220 g/mol. The highest BCUT2D eigenvalue weighted by atomic mass is 32.1. The summed E-state index contributed by atoms with van der Waals surface area (Å²) in [4.78, 5) is 7.76. The highest BCUT2D eigenvalue weighted by Crippen LogP contribution is 2.25. The van der Waals surface area contributed by atoms with E-state index in [1.165, 1.54) is 0 Å². The molecule has 1 aromatic heterocycles. The van der Waals surface area contributed by atoms with Gasteiger partial charge in [0.2, 0.25) is 0 Å². The van der Waals surface area contributed by atoms with Crippen molar-refractivity contribution in [2.45, 2.75) is 46.1 Å². The van der Waals surface area contributed by atoms with E-state index in [1.54, 1.807) is 7.11 Å². The second-order valence-corrected chi connectivity index (χ2v) is 4.52. The number of rotatable bonds is 4. The molecule has 0 spiro atoms. The number of hydrogen-bond acceptors (Lipinski definition) is 3. The molecule has 1 rings (SSSR count). The van der Waals surface area contributed by atoms with Crippen LogP contribution in [0.4, 0.5) is 0 Å². The summed E-state index contributed by atoms with van der Waals surface area (Å²) in [7, 11) is 1.70. The summed E-state index contributed by atoms with van der Waals surface area (Å²) in [5, 5.41) is 0. The average molecular weight is 240 g/mol. The Morgan fingerprint density at radius 2 is 2.06 bits per heavy atom. The Hall–Kier alpha value is -0.740. The Labute approximate surface area is 102 Å². The van der Waals surface area contributed by atoms with Crippen LogP contribution in [0.25, 0.3) is 0 Å². The first-order valence-electron chi connectivity index (χ1n) is 5.64. The maximum atomic E-state index is 5.52. The zero-order chi connectivity index (χ0) is 12.3. The molecule has 0 radical (unpaired) electrons. The Morgan fingerprint density at radius 3 is 2.44 bits per heavy atom. The summed E-state index contributed by atoms with van der Waals surface area (Å²) >= 11 is 5.30. The molecule has 16 heavy (non-hydrogen) atoms. The molecule has 1 aromatic rings. The van der Waals surface area contributed by atoms with Gasteiger partial charge < -0.3 is 9.72 Å². The third-order valence-corrected chi connectivity index (χ3v) is 3.55. The van der Waals surface area contributed by atoms with Gasteiger partial charge in [-0.15, -0.1) is 0 Å². The first-order valence-corrected chi connectivity index (χ1v) is 6.04. The Kier molecular flexibility index (Phi) is 4.21. The molecule has 1 N–H and O–H groups in total. The lowest BCUT2D eigenvalue weighted by Crippen LogP contribution is -2.27. The van der Waals surface area contributed by atoms with Crippen molar-refractivity contribution in [2.24, 2.45) is 0 Å². The SMILES string of the molecule is CCc1c(C)[nH]c(C(C)(CC)OC)nc1=S. The Morgan fingerprint density at radius 1 is 1.44 bits per heavy atom. The lowest BCUT2D eigenvalue weighted by molar-refractivity contribution is -0.00923. The van der Waals surface area contributed by atoms with Crippen LogP contribution in [0.5, 0.6) is 0 Å². The second-order valence-electron chi connectivity index (χ2n) is 4.14. The number of ether oxygens (including phenoxy) is 1. The summed E-state index contributed by atoms with van der Waals surface area (Å²) < 4.78 is 6.20. The van der Waals surface area contributed by atoms with Crippen molar-refractivity contribution < 1.29 is 4.74 Å². The summed E-state index contributed by atoms with van der Waals surface area (Å²) in [5.41, 5.74) is 1.83. The van der Waals surface area contributed by atoms with E-state index in [1.807, 2.05) is 13.8 Å². The standard InChI is InChI=1S/C12H20N2OS/c1-6-9-8(3)13-11(14-10(9)16)12(4,7-2)15-5/h6-7H2,1-5H3,(H,13,14,16). The molecule has 4 heteroatoms. The summed E-state index contributed by atoms with van der Waals surface area (Å²) in [5.74, 6) is 0.817. The fraction of sp³-hybridized carbons (Fsp3) is 0.667. The maximum Gasteiger partial charge on any atom is 0.139 e. The molecule has 90 valence electrons. The maximum absolute atomic E-state index is 5.52. The third kappa shape index (κ3) is 2.33. The summed E-state index contributed by atoms with van der Waals surface area (Å²) in [6.07, 6.45) is 1.76. The van der Waals surface area contributed by atoms with E-state index in [0.29, 0.717) is 4.64 Å². The van der Waals surface area contributed by atoms with E-state index in [4.69, 9.17) is 17.0 Å². The number of aromatic amines is 1. The van der Waals surface area contributed by atoms with Crippen LogP contribution in [0.2, 0.25) is 0 Å². The van der Waals surface area contributed by atoms with Crippen LogP contribution in [0.3, 0.4) is 0 Å². The highest BCUT2D eigenvalue weighted by molar-refractivity contribution is 7.71. The van der Waals surface area contributed by atoms with E-state index in [-0.39, 0.29) is 5.60 Å². The number of nitrogens with one attached hydrogen (secondary N) is 1. The quantitative estimate of drug-likeness (QED) is 0.821. The van der Waals surface area contributed by atoms with E-state index >= 15 is 0 Å². The van der Waals surface area contributed by atoms with Gasteiger partial charge in [-0.05, 0) is 26.7 Å². The molecular formula is C12H20N2OS. The topological polar surface area (TPSA) is 37.9 Å². The molecule has 0 bridgehead atoms. The van der Waals surface area contributed by atoms with Crippen LogP contribution in [-0.2, 0) is 16.8 Å².